The van der Waals surface area contributed by atoms with E-state index in [4.69, 9.17) is 9.47 Å². The normalized spacial score (nSPS) is 10.5. The highest BCUT2D eigenvalue weighted by Crippen LogP contribution is 1.90. The standard InChI is InChI=1S/C10H22O2/c1-3-5-8-12-10-6-9-11-7-4-2/h3-10H2,1-2H3. The van der Waals surface area contributed by atoms with Crippen LogP contribution in [0.2, 0.25) is 0 Å². The molecule has 0 bridgehead atoms. The van der Waals surface area contributed by atoms with Gasteiger partial charge in [0.15, 0.2) is 0 Å². The third-order valence-corrected chi connectivity index (χ3v) is 1.57. The summed E-state index contributed by atoms with van der Waals surface area (Å²) in [5, 5.41) is 0. The molecular weight excluding hydrogens is 152 g/mol. The number of rotatable bonds is 9. The molecule has 0 amide bonds. The average molecular weight is 174 g/mol. The molecule has 0 N–H and O–H groups in total. The van der Waals surface area contributed by atoms with Crippen LogP contribution in [0.3, 0.4) is 0 Å². The molecule has 0 aliphatic rings. The Labute approximate surface area is 76.3 Å². The molecule has 0 radical (unpaired) electrons. The Morgan fingerprint density at radius 1 is 0.667 bits per heavy atom. The van der Waals surface area contributed by atoms with Crippen LogP contribution in [-0.4, -0.2) is 26.4 Å². The molecule has 74 valence electrons. The van der Waals surface area contributed by atoms with Gasteiger partial charge in [-0.2, -0.15) is 0 Å². The Balaban J connectivity index is 2.73. The summed E-state index contributed by atoms with van der Waals surface area (Å²) in [5.74, 6) is 0. The van der Waals surface area contributed by atoms with Gasteiger partial charge in [-0.3, -0.25) is 0 Å². The smallest absolute Gasteiger partial charge is 0.0487 e. The molecule has 0 heterocycles. The molecule has 0 saturated heterocycles. The Hall–Kier alpha value is -0.0800. The molecule has 0 atom stereocenters. The van der Waals surface area contributed by atoms with Gasteiger partial charge in [-0.25, -0.2) is 0 Å². The van der Waals surface area contributed by atoms with E-state index in [-0.39, 0.29) is 0 Å². The second-order valence-corrected chi connectivity index (χ2v) is 2.93. The highest BCUT2D eigenvalue weighted by Gasteiger charge is 1.88. The lowest BCUT2D eigenvalue weighted by molar-refractivity contribution is 0.0818. The first-order valence-electron chi connectivity index (χ1n) is 5.07. The maximum Gasteiger partial charge on any atom is 0.0487 e. The van der Waals surface area contributed by atoms with E-state index >= 15 is 0 Å². The minimum Gasteiger partial charge on any atom is -0.381 e. The molecule has 0 aromatic rings. The number of hydrogen-bond donors (Lipinski definition) is 0. The van der Waals surface area contributed by atoms with Crippen LogP contribution in [0.15, 0.2) is 0 Å². The maximum atomic E-state index is 5.37. The fraction of sp³-hybridized carbons (Fsp3) is 1.00. The van der Waals surface area contributed by atoms with E-state index in [1.807, 2.05) is 0 Å². The fourth-order valence-electron chi connectivity index (χ4n) is 0.858. The highest BCUT2D eigenvalue weighted by molar-refractivity contribution is 4.36. The molecule has 0 saturated carbocycles. The molecule has 0 fully saturated rings. The van der Waals surface area contributed by atoms with E-state index in [0.29, 0.717) is 0 Å². The summed E-state index contributed by atoms with van der Waals surface area (Å²) < 4.78 is 10.7. The van der Waals surface area contributed by atoms with Crippen LogP contribution >= 0.6 is 0 Å². The topological polar surface area (TPSA) is 18.5 Å². The van der Waals surface area contributed by atoms with Gasteiger partial charge >= 0.3 is 0 Å². The SMILES string of the molecule is CCCCOCCCOCCC. The summed E-state index contributed by atoms with van der Waals surface area (Å²) in [4.78, 5) is 0. The van der Waals surface area contributed by atoms with Crippen molar-refractivity contribution in [2.45, 2.75) is 39.5 Å². The van der Waals surface area contributed by atoms with Crippen molar-refractivity contribution in [3.8, 4) is 0 Å². The third-order valence-electron chi connectivity index (χ3n) is 1.57. The largest absolute Gasteiger partial charge is 0.381 e. The minimum absolute atomic E-state index is 0.847. The van der Waals surface area contributed by atoms with E-state index in [1.165, 1.54) is 12.8 Å². The lowest BCUT2D eigenvalue weighted by Gasteiger charge is -2.03. The van der Waals surface area contributed by atoms with Crippen molar-refractivity contribution in [1.82, 2.24) is 0 Å². The van der Waals surface area contributed by atoms with Gasteiger partial charge in [-0.05, 0) is 19.3 Å². The van der Waals surface area contributed by atoms with Crippen molar-refractivity contribution in [3.63, 3.8) is 0 Å². The van der Waals surface area contributed by atoms with Crippen molar-refractivity contribution < 1.29 is 9.47 Å². The number of ether oxygens (including phenoxy) is 2. The zero-order valence-electron chi connectivity index (χ0n) is 8.47. The van der Waals surface area contributed by atoms with E-state index in [1.54, 1.807) is 0 Å². The van der Waals surface area contributed by atoms with Crippen LogP contribution in [0.25, 0.3) is 0 Å². The van der Waals surface area contributed by atoms with Gasteiger partial charge in [0.05, 0.1) is 0 Å². The molecule has 12 heavy (non-hydrogen) atoms. The highest BCUT2D eigenvalue weighted by atomic mass is 16.5. The number of unbranched alkanes of at least 4 members (excludes halogenated alkanes) is 1. The Morgan fingerprint density at radius 2 is 1.25 bits per heavy atom. The van der Waals surface area contributed by atoms with Gasteiger partial charge in [0.1, 0.15) is 0 Å². The quantitative estimate of drug-likeness (QED) is 0.500. The summed E-state index contributed by atoms with van der Waals surface area (Å²) in [6, 6.07) is 0. The van der Waals surface area contributed by atoms with Crippen LogP contribution in [0.5, 0.6) is 0 Å². The van der Waals surface area contributed by atoms with Crippen LogP contribution in [0.1, 0.15) is 39.5 Å². The average Bonchev–Trinajstić information content (AvgIpc) is 2.10. The molecule has 0 aromatic heterocycles. The Morgan fingerprint density at radius 3 is 1.83 bits per heavy atom. The van der Waals surface area contributed by atoms with Crippen molar-refractivity contribution in [3.05, 3.63) is 0 Å². The van der Waals surface area contributed by atoms with Gasteiger partial charge < -0.3 is 9.47 Å². The molecule has 0 aliphatic heterocycles. The first-order chi connectivity index (χ1) is 5.91. The van der Waals surface area contributed by atoms with Gasteiger partial charge in [0.25, 0.3) is 0 Å². The molecule has 2 nitrogen and oxygen atoms in total. The van der Waals surface area contributed by atoms with Crippen LogP contribution in [0, 0.1) is 0 Å². The van der Waals surface area contributed by atoms with Gasteiger partial charge in [-0.1, -0.05) is 20.3 Å². The summed E-state index contributed by atoms with van der Waals surface area (Å²) in [5.41, 5.74) is 0. The molecule has 0 unspecified atom stereocenters. The zero-order valence-corrected chi connectivity index (χ0v) is 8.47. The zero-order chi connectivity index (χ0) is 9.07. The molecule has 0 rings (SSSR count). The lowest BCUT2D eigenvalue weighted by atomic mass is 10.4. The minimum atomic E-state index is 0.847. The third kappa shape index (κ3) is 9.92. The Bertz CT molecular complexity index is 64.2. The van der Waals surface area contributed by atoms with Crippen LogP contribution < -0.4 is 0 Å². The first-order valence-corrected chi connectivity index (χ1v) is 5.07. The second-order valence-electron chi connectivity index (χ2n) is 2.93. The summed E-state index contributed by atoms with van der Waals surface area (Å²) in [7, 11) is 0. The van der Waals surface area contributed by atoms with Gasteiger partial charge in [0.2, 0.25) is 0 Å². The molecular formula is C10H22O2. The summed E-state index contributed by atoms with van der Waals surface area (Å²) in [6.45, 7) is 7.79. The Kier molecular flexibility index (Phi) is 10.8. The lowest BCUT2D eigenvalue weighted by Crippen LogP contribution is -2.02. The molecule has 0 spiro atoms. The summed E-state index contributed by atoms with van der Waals surface area (Å²) in [6.07, 6.45) is 4.53. The van der Waals surface area contributed by atoms with E-state index < -0.39 is 0 Å². The first kappa shape index (κ1) is 11.9. The second kappa shape index (κ2) is 10.9. The van der Waals surface area contributed by atoms with Crippen molar-refractivity contribution >= 4 is 0 Å². The predicted octanol–water partition coefficient (Wildman–Crippen LogP) is 2.62. The fourth-order valence-corrected chi connectivity index (χ4v) is 0.858. The monoisotopic (exact) mass is 174 g/mol. The molecule has 2 heteroatoms. The molecule has 0 aliphatic carbocycles. The van der Waals surface area contributed by atoms with E-state index in [9.17, 15) is 0 Å². The maximum absolute atomic E-state index is 5.37. The van der Waals surface area contributed by atoms with Gasteiger partial charge in [0, 0.05) is 26.4 Å². The summed E-state index contributed by atoms with van der Waals surface area (Å²) >= 11 is 0. The molecule has 0 aromatic carbocycles. The number of hydrogen-bond acceptors (Lipinski definition) is 2. The van der Waals surface area contributed by atoms with Crippen molar-refractivity contribution in [1.29, 1.82) is 0 Å². The van der Waals surface area contributed by atoms with Gasteiger partial charge in [-0.15, -0.1) is 0 Å². The van der Waals surface area contributed by atoms with Crippen LogP contribution in [-0.2, 0) is 9.47 Å². The van der Waals surface area contributed by atoms with E-state index in [0.717, 1.165) is 39.3 Å². The van der Waals surface area contributed by atoms with Crippen LogP contribution in [0.4, 0.5) is 0 Å². The van der Waals surface area contributed by atoms with Crippen molar-refractivity contribution in [2.75, 3.05) is 26.4 Å². The predicted molar refractivity (Wildman–Crippen MR) is 51.5 cm³/mol. The van der Waals surface area contributed by atoms with E-state index in [2.05, 4.69) is 13.8 Å². The van der Waals surface area contributed by atoms with Crippen molar-refractivity contribution in [2.24, 2.45) is 0 Å².